The fraction of sp³-hybridized carbons (Fsp3) is 0.429. The van der Waals surface area contributed by atoms with Crippen LogP contribution in [-0.4, -0.2) is 37.6 Å². The number of hydrogen-bond donors (Lipinski definition) is 3. The van der Waals surface area contributed by atoms with Gasteiger partial charge in [-0.05, 0) is 31.7 Å². The Bertz CT molecular complexity index is 1070. The van der Waals surface area contributed by atoms with E-state index in [1.165, 1.54) is 43.8 Å². The highest BCUT2D eigenvalue weighted by molar-refractivity contribution is 6.03. The zero-order chi connectivity index (χ0) is 20.5. The van der Waals surface area contributed by atoms with E-state index in [4.69, 9.17) is 0 Å². The van der Waals surface area contributed by atoms with E-state index in [-0.39, 0.29) is 5.69 Å². The number of hydrogen-bond acceptors (Lipinski definition) is 6. The van der Waals surface area contributed by atoms with Crippen molar-refractivity contribution in [1.82, 2.24) is 19.6 Å². The molecule has 2 aliphatic rings. The Morgan fingerprint density at radius 1 is 1.03 bits per heavy atom. The first-order valence-electron chi connectivity index (χ1n) is 10.5. The maximum atomic E-state index is 13.4. The molecule has 5 rings (SSSR count). The molecule has 0 radical (unpaired) electrons. The molecule has 8 nitrogen and oxygen atoms in total. The standard InChI is InChI=1S/C21H24FN7O/c22-18-10-15(8-9-23-18)27-21(30)17-12-24-20-16(25-14-6-7-14)11-19(28-29(17)20)26-13-4-2-1-3-5-13/h8-14,25H,1-7H2,(H,26,28)(H,23,27,30). The maximum Gasteiger partial charge on any atom is 0.276 e. The molecule has 30 heavy (non-hydrogen) atoms. The third kappa shape index (κ3) is 4.05. The number of imidazole rings is 1. The van der Waals surface area contributed by atoms with Crippen molar-refractivity contribution < 1.29 is 9.18 Å². The largest absolute Gasteiger partial charge is 0.379 e. The second-order valence-corrected chi connectivity index (χ2v) is 8.04. The third-order valence-corrected chi connectivity index (χ3v) is 5.58. The predicted octanol–water partition coefficient (Wildman–Crippen LogP) is 3.83. The van der Waals surface area contributed by atoms with E-state index in [2.05, 4.69) is 31.0 Å². The number of carbonyl (C=O) groups is 1. The highest BCUT2D eigenvalue weighted by Crippen LogP contribution is 2.29. The Morgan fingerprint density at radius 3 is 2.60 bits per heavy atom. The molecule has 9 heteroatoms. The van der Waals surface area contributed by atoms with Crippen molar-refractivity contribution in [2.75, 3.05) is 16.0 Å². The average Bonchev–Trinajstić information content (AvgIpc) is 3.44. The van der Waals surface area contributed by atoms with Crippen molar-refractivity contribution >= 4 is 28.7 Å². The van der Waals surface area contributed by atoms with Crippen molar-refractivity contribution in [1.29, 1.82) is 0 Å². The summed E-state index contributed by atoms with van der Waals surface area (Å²) in [4.78, 5) is 20.8. The molecular weight excluding hydrogens is 385 g/mol. The number of aromatic nitrogens is 4. The molecule has 3 aromatic rings. The summed E-state index contributed by atoms with van der Waals surface area (Å²) in [6.07, 6.45) is 11.0. The van der Waals surface area contributed by atoms with Crippen molar-refractivity contribution in [3.8, 4) is 0 Å². The number of nitrogens with zero attached hydrogens (tertiary/aromatic N) is 4. The average molecular weight is 409 g/mol. The monoisotopic (exact) mass is 409 g/mol. The van der Waals surface area contributed by atoms with Crippen molar-refractivity contribution in [3.05, 3.63) is 42.2 Å². The third-order valence-electron chi connectivity index (χ3n) is 5.58. The summed E-state index contributed by atoms with van der Waals surface area (Å²) < 4.78 is 14.9. The van der Waals surface area contributed by atoms with E-state index in [0.29, 0.717) is 23.4 Å². The first-order valence-corrected chi connectivity index (χ1v) is 10.5. The fourth-order valence-electron chi connectivity index (χ4n) is 3.88. The molecule has 0 spiro atoms. The zero-order valence-electron chi connectivity index (χ0n) is 16.6. The molecule has 3 heterocycles. The summed E-state index contributed by atoms with van der Waals surface area (Å²) in [5.74, 6) is -0.341. The Labute approximate surface area is 173 Å². The number of anilines is 3. The Hall–Kier alpha value is -3.23. The van der Waals surface area contributed by atoms with Crippen LogP contribution in [0, 0.1) is 5.95 Å². The minimum atomic E-state index is -0.654. The van der Waals surface area contributed by atoms with E-state index in [1.54, 1.807) is 4.52 Å². The normalized spacial score (nSPS) is 17.1. The summed E-state index contributed by atoms with van der Waals surface area (Å²) >= 11 is 0. The molecule has 0 aliphatic heterocycles. The lowest BCUT2D eigenvalue weighted by molar-refractivity contribution is 0.102. The second kappa shape index (κ2) is 7.89. The molecule has 3 N–H and O–H groups in total. The van der Waals surface area contributed by atoms with Crippen LogP contribution in [0.1, 0.15) is 55.4 Å². The number of carbonyl (C=O) groups excluding carboxylic acids is 1. The van der Waals surface area contributed by atoms with Crippen molar-refractivity contribution in [2.45, 2.75) is 57.0 Å². The van der Waals surface area contributed by atoms with Crippen molar-refractivity contribution in [2.24, 2.45) is 0 Å². The first-order chi connectivity index (χ1) is 14.7. The number of pyridine rings is 1. The van der Waals surface area contributed by atoms with Gasteiger partial charge in [0, 0.05) is 36.1 Å². The van der Waals surface area contributed by atoms with E-state index in [9.17, 15) is 9.18 Å². The van der Waals surface area contributed by atoms with Gasteiger partial charge in [0.15, 0.2) is 11.3 Å². The quantitative estimate of drug-likeness (QED) is 0.536. The van der Waals surface area contributed by atoms with E-state index in [1.807, 2.05) is 6.07 Å². The van der Waals surface area contributed by atoms with Crippen LogP contribution in [-0.2, 0) is 0 Å². The SMILES string of the molecule is O=C(Nc1ccnc(F)c1)c1cnc2c(NC3CC3)cc(NC3CCCCC3)nn12. The van der Waals surface area contributed by atoms with E-state index < -0.39 is 11.9 Å². The van der Waals surface area contributed by atoms with Crippen LogP contribution < -0.4 is 16.0 Å². The van der Waals surface area contributed by atoms with Gasteiger partial charge in [0.25, 0.3) is 5.91 Å². The number of rotatable bonds is 6. The molecule has 3 aromatic heterocycles. The van der Waals surface area contributed by atoms with Gasteiger partial charge in [-0.2, -0.15) is 4.39 Å². The molecule has 2 aliphatic carbocycles. The van der Waals surface area contributed by atoms with Gasteiger partial charge in [0.2, 0.25) is 5.95 Å². The number of nitrogens with one attached hydrogen (secondary N) is 3. The lowest BCUT2D eigenvalue weighted by Crippen LogP contribution is -2.24. The van der Waals surface area contributed by atoms with Crippen LogP contribution in [0.25, 0.3) is 5.65 Å². The van der Waals surface area contributed by atoms with Crippen LogP contribution in [0.3, 0.4) is 0 Å². The molecule has 2 saturated carbocycles. The minimum absolute atomic E-state index is 0.286. The maximum absolute atomic E-state index is 13.4. The molecular formula is C21H24FN7O. The molecule has 0 atom stereocenters. The van der Waals surface area contributed by atoms with Gasteiger partial charge in [-0.15, -0.1) is 5.10 Å². The molecule has 2 fully saturated rings. The van der Waals surface area contributed by atoms with Crippen LogP contribution in [0.15, 0.2) is 30.6 Å². The molecule has 156 valence electrons. The molecule has 0 saturated heterocycles. The molecule has 1 amide bonds. The summed E-state index contributed by atoms with van der Waals surface area (Å²) in [7, 11) is 0. The highest BCUT2D eigenvalue weighted by atomic mass is 19.1. The number of amides is 1. The fourth-order valence-corrected chi connectivity index (χ4v) is 3.88. The van der Waals surface area contributed by atoms with Gasteiger partial charge in [0.05, 0.1) is 11.9 Å². The molecule has 0 aromatic carbocycles. The van der Waals surface area contributed by atoms with Crippen LogP contribution >= 0.6 is 0 Å². The smallest absolute Gasteiger partial charge is 0.276 e. The Balaban J connectivity index is 1.47. The summed E-state index contributed by atoms with van der Waals surface area (Å²) in [6.45, 7) is 0. The highest BCUT2D eigenvalue weighted by Gasteiger charge is 2.25. The second-order valence-electron chi connectivity index (χ2n) is 8.04. The van der Waals surface area contributed by atoms with Crippen molar-refractivity contribution in [3.63, 3.8) is 0 Å². The van der Waals surface area contributed by atoms with Gasteiger partial charge in [-0.3, -0.25) is 4.79 Å². The lowest BCUT2D eigenvalue weighted by Gasteiger charge is -2.23. The lowest BCUT2D eigenvalue weighted by atomic mass is 9.95. The predicted molar refractivity (Wildman–Crippen MR) is 112 cm³/mol. The summed E-state index contributed by atoms with van der Waals surface area (Å²) in [6, 6.07) is 5.51. The van der Waals surface area contributed by atoms with Gasteiger partial charge in [-0.25, -0.2) is 14.5 Å². The van der Waals surface area contributed by atoms with Gasteiger partial charge in [-0.1, -0.05) is 19.3 Å². The van der Waals surface area contributed by atoms with Gasteiger partial charge < -0.3 is 16.0 Å². The molecule has 0 bridgehead atoms. The van der Waals surface area contributed by atoms with Gasteiger partial charge in [0.1, 0.15) is 5.82 Å². The zero-order valence-corrected chi connectivity index (χ0v) is 16.6. The number of fused-ring (bicyclic) bond motifs is 1. The Morgan fingerprint density at radius 2 is 1.83 bits per heavy atom. The summed E-state index contributed by atoms with van der Waals surface area (Å²) in [5.41, 5.74) is 2.07. The Kier molecular flexibility index (Phi) is 4.94. The summed E-state index contributed by atoms with van der Waals surface area (Å²) in [5, 5.41) is 14.4. The van der Waals surface area contributed by atoms with Crippen LogP contribution in [0.4, 0.5) is 21.6 Å². The van der Waals surface area contributed by atoms with E-state index in [0.717, 1.165) is 37.2 Å². The molecule has 0 unspecified atom stereocenters. The minimum Gasteiger partial charge on any atom is -0.379 e. The van der Waals surface area contributed by atoms with E-state index >= 15 is 0 Å². The van der Waals surface area contributed by atoms with Crippen LogP contribution in [0.5, 0.6) is 0 Å². The topological polar surface area (TPSA) is 96.2 Å². The van der Waals surface area contributed by atoms with Gasteiger partial charge >= 0.3 is 0 Å². The first kappa shape index (κ1) is 18.8. The number of halogens is 1. The van der Waals surface area contributed by atoms with Crippen LogP contribution in [0.2, 0.25) is 0 Å².